The van der Waals surface area contributed by atoms with Gasteiger partial charge < -0.3 is 9.84 Å². The van der Waals surface area contributed by atoms with Crippen LogP contribution in [0.5, 0.6) is 5.75 Å². The molecule has 0 radical (unpaired) electrons. The van der Waals surface area contributed by atoms with Crippen molar-refractivity contribution in [2.45, 2.75) is 12.6 Å². The van der Waals surface area contributed by atoms with Gasteiger partial charge in [-0.1, -0.05) is 66.2 Å². The van der Waals surface area contributed by atoms with E-state index in [9.17, 15) is 9.90 Å². The second-order valence-electron chi connectivity index (χ2n) is 6.76. The molecule has 1 N–H and O–H groups in total. The van der Waals surface area contributed by atoms with Crippen molar-refractivity contribution in [3.8, 4) is 16.9 Å². The van der Waals surface area contributed by atoms with Crippen LogP contribution in [0, 0.1) is 0 Å². The first kappa shape index (κ1) is 18.5. The van der Waals surface area contributed by atoms with Gasteiger partial charge in [0.1, 0.15) is 18.4 Å². The summed E-state index contributed by atoms with van der Waals surface area (Å²) in [6, 6.07) is 22.4. The van der Waals surface area contributed by atoms with E-state index in [1.807, 2.05) is 71.6 Å². The number of hydrogen-bond donors (Lipinski definition) is 1. The van der Waals surface area contributed by atoms with Crippen molar-refractivity contribution in [2.75, 3.05) is 13.2 Å². The largest absolute Gasteiger partial charge is 0.492 e. The molecule has 142 valence electrons. The van der Waals surface area contributed by atoms with Crippen LogP contribution in [0.1, 0.15) is 17.2 Å². The van der Waals surface area contributed by atoms with Gasteiger partial charge in [0, 0.05) is 23.7 Å². The molecule has 4 rings (SSSR count). The maximum absolute atomic E-state index is 12.2. The zero-order valence-corrected chi connectivity index (χ0v) is 16.0. The van der Waals surface area contributed by atoms with Crippen molar-refractivity contribution in [3.63, 3.8) is 0 Å². The fraction of sp³-hybridized carbons (Fsp3) is 0.174. The summed E-state index contributed by atoms with van der Waals surface area (Å²) < 4.78 is 5.81. The van der Waals surface area contributed by atoms with Crippen LogP contribution in [0.4, 0.5) is 0 Å². The summed E-state index contributed by atoms with van der Waals surface area (Å²) in [7, 11) is 0. The lowest BCUT2D eigenvalue weighted by molar-refractivity contribution is -0.143. The lowest BCUT2D eigenvalue weighted by Crippen LogP contribution is -2.34. The number of carboxylic acid groups (broad SMARTS) is 1. The molecule has 1 unspecified atom stereocenters. The van der Waals surface area contributed by atoms with Crippen molar-refractivity contribution in [1.82, 2.24) is 4.90 Å². The number of benzene rings is 3. The third kappa shape index (κ3) is 3.75. The number of halogens is 1. The Kier molecular flexibility index (Phi) is 5.33. The first-order valence-electron chi connectivity index (χ1n) is 9.16. The minimum Gasteiger partial charge on any atom is -0.492 e. The molecule has 1 atom stereocenters. The topological polar surface area (TPSA) is 49.8 Å². The number of carboxylic acids is 1. The molecular weight excluding hydrogens is 374 g/mol. The summed E-state index contributed by atoms with van der Waals surface area (Å²) in [5, 5.41) is 10.7. The second-order valence-corrected chi connectivity index (χ2v) is 7.20. The van der Waals surface area contributed by atoms with Gasteiger partial charge in [-0.3, -0.25) is 9.69 Å². The Morgan fingerprint density at radius 2 is 1.75 bits per heavy atom. The number of fused-ring (bicyclic) bond motifs is 1. The summed E-state index contributed by atoms with van der Waals surface area (Å²) in [5.41, 5.74) is 3.88. The minimum absolute atomic E-state index is 0.448. The summed E-state index contributed by atoms with van der Waals surface area (Å²) in [6.07, 6.45) is 0. The van der Waals surface area contributed by atoms with Crippen LogP contribution in [-0.2, 0) is 11.3 Å². The molecule has 0 amide bonds. The molecule has 0 aliphatic carbocycles. The summed E-state index contributed by atoms with van der Waals surface area (Å²) in [5.74, 6) is -0.231. The zero-order valence-electron chi connectivity index (χ0n) is 15.2. The Hall–Kier alpha value is -2.82. The number of para-hydroxylation sites is 1. The monoisotopic (exact) mass is 393 g/mol. The molecule has 0 spiro atoms. The van der Waals surface area contributed by atoms with Crippen molar-refractivity contribution in [2.24, 2.45) is 0 Å². The molecule has 0 aromatic heterocycles. The van der Waals surface area contributed by atoms with E-state index in [1.54, 1.807) is 0 Å². The van der Waals surface area contributed by atoms with Crippen LogP contribution in [0.3, 0.4) is 0 Å². The number of aliphatic carboxylic acids is 1. The quantitative estimate of drug-likeness (QED) is 0.675. The fourth-order valence-corrected chi connectivity index (χ4v) is 3.81. The molecule has 1 aliphatic heterocycles. The SMILES string of the molecule is O=C(O)C1c2ccccc2OCCN1Cc1ccccc1-c1ccc(Cl)cc1. The smallest absolute Gasteiger partial charge is 0.325 e. The van der Waals surface area contributed by atoms with E-state index in [-0.39, 0.29) is 0 Å². The molecule has 5 heteroatoms. The van der Waals surface area contributed by atoms with Crippen molar-refractivity contribution in [1.29, 1.82) is 0 Å². The first-order valence-corrected chi connectivity index (χ1v) is 9.54. The maximum Gasteiger partial charge on any atom is 0.325 e. The fourth-order valence-electron chi connectivity index (χ4n) is 3.68. The van der Waals surface area contributed by atoms with Crippen LogP contribution in [0.25, 0.3) is 11.1 Å². The second kappa shape index (κ2) is 8.05. The predicted molar refractivity (Wildman–Crippen MR) is 110 cm³/mol. The highest BCUT2D eigenvalue weighted by atomic mass is 35.5. The van der Waals surface area contributed by atoms with Gasteiger partial charge in [-0.2, -0.15) is 0 Å². The standard InChI is InChI=1S/C23H20ClNO3/c24-18-11-9-16(10-12-18)19-6-2-1-5-17(19)15-25-13-14-28-21-8-4-3-7-20(21)22(25)23(26)27/h1-12,22H,13-15H2,(H,26,27). The first-order chi connectivity index (χ1) is 13.6. The van der Waals surface area contributed by atoms with Gasteiger partial charge in [-0.15, -0.1) is 0 Å². The minimum atomic E-state index is -0.873. The lowest BCUT2D eigenvalue weighted by Gasteiger charge is -2.27. The molecule has 1 aliphatic rings. The number of nitrogens with zero attached hydrogens (tertiary/aromatic N) is 1. The van der Waals surface area contributed by atoms with E-state index in [1.165, 1.54) is 0 Å². The van der Waals surface area contributed by atoms with E-state index in [4.69, 9.17) is 16.3 Å². The number of ether oxygens (including phenoxy) is 1. The van der Waals surface area contributed by atoms with Gasteiger partial charge >= 0.3 is 5.97 Å². The average molecular weight is 394 g/mol. The van der Waals surface area contributed by atoms with Gasteiger partial charge in [0.25, 0.3) is 0 Å². The molecule has 3 aromatic rings. The van der Waals surface area contributed by atoms with Gasteiger partial charge in [0.15, 0.2) is 0 Å². The molecule has 4 nitrogen and oxygen atoms in total. The molecule has 1 heterocycles. The third-order valence-corrected chi connectivity index (χ3v) is 5.25. The Morgan fingerprint density at radius 1 is 1.04 bits per heavy atom. The summed E-state index contributed by atoms with van der Waals surface area (Å²) >= 11 is 6.03. The number of hydrogen-bond acceptors (Lipinski definition) is 3. The Balaban J connectivity index is 1.71. The highest BCUT2D eigenvalue weighted by Gasteiger charge is 2.32. The normalized spacial score (nSPS) is 16.7. The summed E-state index contributed by atoms with van der Waals surface area (Å²) in [4.78, 5) is 14.1. The van der Waals surface area contributed by atoms with E-state index in [0.29, 0.717) is 36.0 Å². The highest BCUT2D eigenvalue weighted by molar-refractivity contribution is 6.30. The Labute approximate surface area is 168 Å². The van der Waals surface area contributed by atoms with Gasteiger partial charge in [-0.25, -0.2) is 0 Å². The van der Waals surface area contributed by atoms with Crippen LogP contribution in [-0.4, -0.2) is 29.1 Å². The Morgan fingerprint density at radius 3 is 2.54 bits per heavy atom. The number of carbonyl (C=O) groups is 1. The van der Waals surface area contributed by atoms with Crippen LogP contribution >= 0.6 is 11.6 Å². The maximum atomic E-state index is 12.2. The van der Waals surface area contributed by atoms with Crippen LogP contribution in [0.2, 0.25) is 5.02 Å². The van der Waals surface area contributed by atoms with Crippen LogP contribution in [0.15, 0.2) is 72.8 Å². The molecule has 0 saturated carbocycles. The third-order valence-electron chi connectivity index (χ3n) is 4.99. The van der Waals surface area contributed by atoms with Gasteiger partial charge in [0.05, 0.1) is 0 Å². The highest BCUT2D eigenvalue weighted by Crippen LogP contribution is 2.34. The predicted octanol–water partition coefficient (Wildman–Crippen LogP) is 5.03. The molecule has 0 saturated heterocycles. The summed E-state index contributed by atoms with van der Waals surface area (Å²) in [6.45, 7) is 1.48. The van der Waals surface area contributed by atoms with E-state index < -0.39 is 12.0 Å². The number of rotatable bonds is 4. The van der Waals surface area contributed by atoms with Gasteiger partial charge in [0.2, 0.25) is 0 Å². The Bertz CT molecular complexity index is 987. The van der Waals surface area contributed by atoms with Gasteiger partial charge in [-0.05, 0) is 34.9 Å². The van der Waals surface area contributed by atoms with Crippen molar-refractivity contribution >= 4 is 17.6 Å². The average Bonchev–Trinajstić information content (AvgIpc) is 2.88. The van der Waals surface area contributed by atoms with Crippen molar-refractivity contribution in [3.05, 3.63) is 88.9 Å². The lowest BCUT2D eigenvalue weighted by atomic mass is 9.98. The molecule has 3 aromatic carbocycles. The molecule has 0 fully saturated rings. The van der Waals surface area contributed by atoms with Crippen molar-refractivity contribution < 1.29 is 14.6 Å². The molecular formula is C23H20ClNO3. The van der Waals surface area contributed by atoms with E-state index >= 15 is 0 Å². The van der Waals surface area contributed by atoms with Crippen LogP contribution < -0.4 is 4.74 Å². The van der Waals surface area contributed by atoms with E-state index in [0.717, 1.165) is 16.7 Å². The molecule has 28 heavy (non-hydrogen) atoms. The molecule has 0 bridgehead atoms. The van der Waals surface area contributed by atoms with E-state index in [2.05, 4.69) is 6.07 Å². The zero-order chi connectivity index (χ0) is 19.5.